The largest absolute Gasteiger partial charge is 0.490 e. The molecule has 3 unspecified atom stereocenters. The van der Waals surface area contributed by atoms with Gasteiger partial charge in [0.25, 0.3) is 5.91 Å². The van der Waals surface area contributed by atoms with Gasteiger partial charge < -0.3 is 23.9 Å². The number of hydrogen-bond acceptors (Lipinski definition) is 6. The number of alkyl halides is 3. The zero-order valence-electron chi connectivity index (χ0n) is 17.2. The van der Waals surface area contributed by atoms with Crippen LogP contribution in [-0.2, 0) is 20.9 Å². The van der Waals surface area contributed by atoms with Crippen molar-refractivity contribution in [2.75, 3.05) is 13.2 Å². The molecule has 0 spiro atoms. The van der Waals surface area contributed by atoms with Gasteiger partial charge in [0, 0.05) is 24.5 Å². The summed E-state index contributed by atoms with van der Waals surface area (Å²) in [7, 11) is 0. The van der Waals surface area contributed by atoms with Gasteiger partial charge in [-0.05, 0) is 43.5 Å². The van der Waals surface area contributed by atoms with E-state index < -0.39 is 12.1 Å². The highest BCUT2D eigenvalue weighted by Gasteiger charge is 2.45. The first-order chi connectivity index (χ1) is 15.2. The lowest BCUT2D eigenvalue weighted by Gasteiger charge is -2.30. The van der Waals surface area contributed by atoms with E-state index in [0.29, 0.717) is 25.5 Å². The third kappa shape index (κ3) is 5.65. The van der Waals surface area contributed by atoms with Crippen LogP contribution in [0.3, 0.4) is 0 Å². The average Bonchev–Trinajstić information content (AvgIpc) is 3.29. The molecule has 3 heterocycles. The molecule has 1 saturated heterocycles. The number of carbonyl (C=O) groups is 2. The fourth-order valence-electron chi connectivity index (χ4n) is 3.76. The molecule has 3 atom stereocenters. The SMILES string of the molecule is Cc1ccoc1C(=O)N1CCOC2CCC1C2OCc1ccncc1.O=C(O)C(F)(F)F. The third-order valence-corrected chi connectivity index (χ3v) is 5.31. The van der Waals surface area contributed by atoms with Crippen LogP contribution in [0.5, 0.6) is 0 Å². The second-order valence-electron chi connectivity index (χ2n) is 7.42. The Kier molecular flexibility index (Phi) is 7.52. The lowest BCUT2D eigenvalue weighted by atomic mass is 10.1. The summed E-state index contributed by atoms with van der Waals surface area (Å²) >= 11 is 0. The number of amides is 1. The van der Waals surface area contributed by atoms with E-state index >= 15 is 0 Å². The van der Waals surface area contributed by atoms with Crippen molar-refractivity contribution in [2.45, 2.75) is 50.8 Å². The van der Waals surface area contributed by atoms with Gasteiger partial charge in [0.05, 0.1) is 31.6 Å². The van der Waals surface area contributed by atoms with Crippen LogP contribution >= 0.6 is 0 Å². The number of hydrogen-bond donors (Lipinski definition) is 1. The summed E-state index contributed by atoms with van der Waals surface area (Å²) in [4.78, 5) is 27.7. The normalized spacial score (nSPS) is 22.6. The topological polar surface area (TPSA) is 102 Å². The molecule has 2 aliphatic rings. The number of aryl methyl sites for hydroxylation is 1. The maximum absolute atomic E-state index is 13.0. The highest BCUT2D eigenvalue weighted by molar-refractivity contribution is 5.93. The second kappa shape index (κ2) is 10.1. The number of ether oxygens (including phenoxy) is 2. The van der Waals surface area contributed by atoms with E-state index in [1.165, 1.54) is 0 Å². The molecule has 1 saturated carbocycles. The van der Waals surface area contributed by atoms with Crippen LogP contribution in [-0.4, -0.2) is 64.4 Å². The van der Waals surface area contributed by atoms with Gasteiger partial charge in [0.2, 0.25) is 0 Å². The first-order valence-corrected chi connectivity index (χ1v) is 9.95. The maximum atomic E-state index is 13.0. The average molecular weight is 456 g/mol. The number of pyridine rings is 1. The van der Waals surface area contributed by atoms with Gasteiger partial charge in [-0.1, -0.05) is 0 Å². The molecule has 2 bridgehead atoms. The fraction of sp³-hybridized carbons (Fsp3) is 0.476. The van der Waals surface area contributed by atoms with Crippen molar-refractivity contribution in [3.63, 3.8) is 0 Å². The Bertz CT molecular complexity index is 918. The summed E-state index contributed by atoms with van der Waals surface area (Å²) < 4.78 is 49.3. The van der Waals surface area contributed by atoms with E-state index in [0.717, 1.165) is 24.0 Å². The summed E-state index contributed by atoms with van der Waals surface area (Å²) in [6.45, 7) is 3.47. The molecule has 1 amide bonds. The van der Waals surface area contributed by atoms with Crippen molar-refractivity contribution in [3.8, 4) is 0 Å². The molecule has 8 nitrogen and oxygen atoms in total. The summed E-state index contributed by atoms with van der Waals surface area (Å²) in [6.07, 6.45) is 1.71. The summed E-state index contributed by atoms with van der Waals surface area (Å²) in [5.41, 5.74) is 1.93. The van der Waals surface area contributed by atoms with Gasteiger partial charge in [-0.2, -0.15) is 13.2 Å². The number of rotatable bonds is 4. The van der Waals surface area contributed by atoms with Gasteiger partial charge in [-0.3, -0.25) is 9.78 Å². The highest BCUT2D eigenvalue weighted by atomic mass is 19.4. The van der Waals surface area contributed by atoms with Crippen LogP contribution in [0.2, 0.25) is 0 Å². The molecule has 0 radical (unpaired) electrons. The predicted molar refractivity (Wildman–Crippen MR) is 104 cm³/mol. The number of aliphatic carboxylic acids is 1. The molecule has 174 valence electrons. The second-order valence-corrected chi connectivity index (χ2v) is 7.42. The Hall–Kier alpha value is -2.92. The van der Waals surface area contributed by atoms with Crippen molar-refractivity contribution in [1.82, 2.24) is 9.88 Å². The Labute approximate surface area is 181 Å². The molecule has 1 aliphatic carbocycles. The third-order valence-electron chi connectivity index (χ3n) is 5.31. The minimum Gasteiger partial charge on any atom is -0.475 e. The number of halogens is 3. The van der Waals surface area contributed by atoms with Crippen LogP contribution in [0.4, 0.5) is 13.2 Å². The van der Waals surface area contributed by atoms with E-state index in [2.05, 4.69) is 4.98 Å². The van der Waals surface area contributed by atoms with E-state index in [9.17, 15) is 18.0 Å². The van der Waals surface area contributed by atoms with Crippen LogP contribution in [0, 0.1) is 6.92 Å². The van der Waals surface area contributed by atoms with Gasteiger partial charge in [-0.15, -0.1) is 0 Å². The number of aromatic nitrogens is 1. The molecule has 1 aliphatic heterocycles. The lowest BCUT2D eigenvalue weighted by molar-refractivity contribution is -0.192. The molecule has 2 fully saturated rings. The van der Waals surface area contributed by atoms with E-state index in [4.69, 9.17) is 23.8 Å². The monoisotopic (exact) mass is 456 g/mol. The minimum absolute atomic E-state index is 0.0198. The molecular weight excluding hydrogens is 433 g/mol. The van der Waals surface area contributed by atoms with Crippen LogP contribution in [0.15, 0.2) is 41.3 Å². The quantitative estimate of drug-likeness (QED) is 0.754. The predicted octanol–water partition coefficient (Wildman–Crippen LogP) is 3.21. The van der Waals surface area contributed by atoms with Gasteiger partial charge in [0.15, 0.2) is 5.76 Å². The minimum atomic E-state index is -5.08. The molecule has 2 aromatic heterocycles. The van der Waals surface area contributed by atoms with Crippen molar-refractivity contribution in [1.29, 1.82) is 0 Å². The standard InChI is InChI=1S/C19H22N2O4.C2HF3O2/c1-13-6-10-24-17(13)19(22)21-9-11-23-16-3-2-15(21)18(16)25-12-14-4-7-20-8-5-14;3-2(4,5)1(6)7/h4-8,10,15-16,18H,2-3,9,11-12H2,1H3;(H,6,7). The Morgan fingerprint density at radius 3 is 2.53 bits per heavy atom. The van der Waals surface area contributed by atoms with Crippen molar-refractivity contribution < 1.29 is 41.8 Å². The van der Waals surface area contributed by atoms with Crippen molar-refractivity contribution >= 4 is 11.9 Å². The number of fused-ring (bicyclic) bond motifs is 2. The van der Waals surface area contributed by atoms with Crippen LogP contribution in [0.25, 0.3) is 0 Å². The van der Waals surface area contributed by atoms with Crippen LogP contribution < -0.4 is 0 Å². The number of nitrogens with zero attached hydrogens (tertiary/aromatic N) is 2. The van der Waals surface area contributed by atoms with Crippen molar-refractivity contribution in [3.05, 3.63) is 53.7 Å². The fourth-order valence-corrected chi connectivity index (χ4v) is 3.76. The zero-order valence-corrected chi connectivity index (χ0v) is 17.2. The number of carbonyl (C=O) groups excluding carboxylic acids is 1. The number of furan rings is 1. The first-order valence-electron chi connectivity index (χ1n) is 9.95. The lowest BCUT2D eigenvalue weighted by Crippen LogP contribution is -2.46. The number of carboxylic acids is 1. The van der Waals surface area contributed by atoms with Gasteiger partial charge in [0.1, 0.15) is 6.10 Å². The molecule has 0 aromatic carbocycles. The first kappa shape index (κ1) is 23.7. The van der Waals surface area contributed by atoms with Crippen molar-refractivity contribution in [2.24, 2.45) is 0 Å². The van der Waals surface area contributed by atoms with Gasteiger partial charge >= 0.3 is 12.1 Å². The molecular formula is C21H23F3N2O6. The summed E-state index contributed by atoms with van der Waals surface area (Å²) in [5.74, 6) is -2.41. The molecule has 1 N–H and O–H groups in total. The zero-order chi connectivity index (χ0) is 23.3. The van der Waals surface area contributed by atoms with E-state index in [-0.39, 0.29) is 24.2 Å². The summed E-state index contributed by atoms with van der Waals surface area (Å²) in [5, 5.41) is 7.12. The molecule has 11 heteroatoms. The van der Waals surface area contributed by atoms with E-state index in [1.54, 1.807) is 18.7 Å². The van der Waals surface area contributed by atoms with Gasteiger partial charge in [-0.25, -0.2) is 4.79 Å². The maximum Gasteiger partial charge on any atom is 0.490 e. The summed E-state index contributed by atoms with van der Waals surface area (Å²) in [6, 6.07) is 5.71. The Balaban J connectivity index is 0.000000360. The smallest absolute Gasteiger partial charge is 0.475 e. The molecule has 2 aromatic rings. The van der Waals surface area contributed by atoms with Crippen LogP contribution in [0.1, 0.15) is 34.5 Å². The number of carboxylic acid groups (broad SMARTS) is 1. The Morgan fingerprint density at radius 1 is 1.25 bits per heavy atom. The molecule has 32 heavy (non-hydrogen) atoms. The Morgan fingerprint density at radius 2 is 1.94 bits per heavy atom. The molecule has 4 rings (SSSR count). The van der Waals surface area contributed by atoms with E-state index in [1.807, 2.05) is 30.0 Å². The highest BCUT2D eigenvalue weighted by Crippen LogP contribution is 2.33.